The zero-order valence-corrected chi connectivity index (χ0v) is 16.4. The van der Waals surface area contributed by atoms with Gasteiger partial charge < -0.3 is 14.7 Å². The number of aliphatic hydroxyl groups is 1. The number of rotatable bonds is 6. The quantitative estimate of drug-likeness (QED) is 0.628. The Bertz CT molecular complexity index is 1080. The van der Waals surface area contributed by atoms with Crippen molar-refractivity contribution in [2.75, 3.05) is 7.11 Å². The summed E-state index contributed by atoms with van der Waals surface area (Å²) in [7, 11) is 1.53. The lowest BCUT2D eigenvalue weighted by Crippen LogP contribution is -2.31. The second-order valence-electron chi connectivity index (χ2n) is 6.47. The standard InChI is InChI=1S/C22H18N2O4S/c1-28-16-9-3-2-8-15(16)19-18(20(25)17-10-6-12-29-17)21(26)22(27)24(19)13-14-7-4-5-11-23-14/h2-12,19,26H,13H2,1H3. The highest BCUT2D eigenvalue weighted by molar-refractivity contribution is 7.12. The van der Waals surface area contributed by atoms with Crippen LogP contribution >= 0.6 is 11.3 Å². The third-order valence-corrected chi connectivity index (χ3v) is 5.65. The van der Waals surface area contributed by atoms with Gasteiger partial charge in [-0.25, -0.2) is 0 Å². The van der Waals surface area contributed by atoms with Crippen LogP contribution in [0.4, 0.5) is 0 Å². The van der Waals surface area contributed by atoms with Crippen LogP contribution in [0.3, 0.4) is 0 Å². The van der Waals surface area contributed by atoms with Crippen molar-refractivity contribution in [3.05, 3.63) is 93.6 Å². The van der Waals surface area contributed by atoms with Crippen molar-refractivity contribution < 1.29 is 19.4 Å². The number of aliphatic hydroxyl groups excluding tert-OH is 1. The molecule has 0 saturated heterocycles. The third-order valence-electron chi connectivity index (χ3n) is 4.79. The Kier molecular flexibility index (Phi) is 5.14. The van der Waals surface area contributed by atoms with E-state index in [0.29, 0.717) is 21.9 Å². The zero-order chi connectivity index (χ0) is 20.4. The third kappa shape index (κ3) is 3.40. The second-order valence-corrected chi connectivity index (χ2v) is 7.42. The van der Waals surface area contributed by atoms with E-state index in [1.54, 1.807) is 48.0 Å². The molecule has 1 unspecified atom stereocenters. The first-order valence-electron chi connectivity index (χ1n) is 8.97. The van der Waals surface area contributed by atoms with Crippen LogP contribution < -0.4 is 4.74 Å². The van der Waals surface area contributed by atoms with Crippen LogP contribution in [0.1, 0.15) is 27.0 Å². The molecule has 1 aromatic carbocycles. The Labute approximate surface area is 171 Å². The summed E-state index contributed by atoms with van der Waals surface area (Å²) < 4.78 is 5.48. The topological polar surface area (TPSA) is 79.7 Å². The molecule has 1 aliphatic rings. The molecule has 1 N–H and O–H groups in total. The Morgan fingerprint density at radius 1 is 1.17 bits per heavy atom. The largest absolute Gasteiger partial charge is 0.503 e. The van der Waals surface area contributed by atoms with E-state index < -0.39 is 17.7 Å². The molecule has 146 valence electrons. The van der Waals surface area contributed by atoms with Gasteiger partial charge in [-0.1, -0.05) is 30.3 Å². The van der Waals surface area contributed by atoms with Crippen LogP contribution in [0.25, 0.3) is 0 Å². The van der Waals surface area contributed by atoms with Gasteiger partial charge in [-0.05, 0) is 29.6 Å². The summed E-state index contributed by atoms with van der Waals surface area (Å²) in [6.07, 6.45) is 1.64. The molecule has 1 aliphatic heterocycles. The van der Waals surface area contributed by atoms with E-state index >= 15 is 0 Å². The summed E-state index contributed by atoms with van der Waals surface area (Å²) in [6.45, 7) is 0.146. The van der Waals surface area contributed by atoms with Crippen molar-refractivity contribution in [1.29, 1.82) is 0 Å². The summed E-state index contributed by atoms with van der Waals surface area (Å²) in [5.41, 5.74) is 1.33. The molecule has 1 atom stereocenters. The van der Waals surface area contributed by atoms with E-state index in [1.165, 1.54) is 23.3 Å². The number of Topliss-reactive ketones (excluding diaryl/α,β-unsaturated/α-hetero) is 1. The summed E-state index contributed by atoms with van der Waals surface area (Å²) >= 11 is 1.27. The minimum atomic E-state index is -0.782. The number of ketones is 1. The molecule has 3 heterocycles. The van der Waals surface area contributed by atoms with Gasteiger partial charge in [0.25, 0.3) is 5.91 Å². The normalized spacial score (nSPS) is 16.4. The van der Waals surface area contributed by atoms with E-state index in [4.69, 9.17) is 4.74 Å². The van der Waals surface area contributed by atoms with Crippen molar-refractivity contribution in [2.24, 2.45) is 0 Å². The molecule has 0 fully saturated rings. The van der Waals surface area contributed by atoms with Gasteiger partial charge in [0, 0.05) is 11.8 Å². The van der Waals surface area contributed by atoms with Crippen LogP contribution in [-0.2, 0) is 11.3 Å². The number of para-hydroxylation sites is 1. The number of aromatic nitrogens is 1. The molecule has 0 aliphatic carbocycles. The van der Waals surface area contributed by atoms with E-state index in [2.05, 4.69) is 4.98 Å². The summed E-state index contributed by atoms with van der Waals surface area (Å²) in [4.78, 5) is 32.4. The summed E-state index contributed by atoms with van der Waals surface area (Å²) in [6, 6.07) is 15.2. The van der Waals surface area contributed by atoms with Crippen molar-refractivity contribution in [3.63, 3.8) is 0 Å². The van der Waals surface area contributed by atoms with Crippen LogP contribution in [0, 0.1) is 0 Å². The monoisotopic (exact) mass is 406 g/mol. The Hall–Kier alpha value is -3.45. The lowest BCUT2D eigenvalue weighted by atomic mass is 9.94. The molecule has 3 aromatic rings. The molecule has 0 bridgehead atoms. The highest BCUT2D eigenvalue weighted by Gasteiger charge is 2.45. The second kappa shape index (κ2) is 7.89. The number of benzene rings is 1. The van der Waals surface area contributed by atoms with E-state index in [9.17, 15) is 14.7 Å². The van der Waals surface area contributed by atoms with Crippen molar-refractivity contribution in [3.8, 4) is 5.75 Å². The molecule has 2 aromatic heterocycles. The van der Waals surface area contributed by atoms with E-state index in [-0.39, 0.29) is 17.9 Å². The lowest BCUT2D eigenvalue weighted by molar-refractivity contribution is -0.130. The first-order chi connectivity index (χ1) is 14.1. The van der Waals surface area contributed by atoms with E-state index in [1.807, 2.05) is 18.2 Å². The number of hydrogen-bond donors (Lipinski definition) is 1. The molecule has 29 heavy (non-hydrogen) atoms. The number of carbonyl (C=O) groups excluding carboxylic acids is 2. The molecule has 0 saturated carbocycles. The number of pyridine rings is 1. The number of thiophene rings is 1. The average Bonchev–Trinajstić information content (AvgIpc) is 3.37. The number of carbonyl (C=O) groups is 2. The maximum Gasteiger partial charge on any atom is 0.290 e. The maximum atomic E-state index is 13.2. The molecule has 4 rings (SSSR count). The van der Waals surface area contributed by atoms with Gasteiger partial charge in [0.2, 0.25) is 5.78 Å². The minimum Gasteiger partial charge on any atom is -0.503 e. The highest BCUT2D eigenvalue weighted by atomic mass is 32.1. The number of amides is 1. The SMILES string of the molecule is COc1ccccc1C1C(C(=O)c2cccs2)=C(O)C(=O)N1Cc1ccccn1. The minimum absolute atomic E-state index is 0.0536. The number of methoxy groups -OCH3 is 1. The average molecular weight is 406 g/mol. The van der Waals surface area contributed by atoms with Crippen LogP contribution in [0.15, 0.2) is 77.5 Å². The Morgan fingerprint density at radius 2 is 1.97 bits per heavy atom. The Balaban J connectivity index is 1.84. The predicted octanol–water partition coefficient (Wildman–Crippen LogP) is 3.93. The van der Waals surface area contributed by atoms with Gasteiger partial charge in [0.05, 0.1) is 35.8 Å². The maximum absolute atomic E-state index is 13.2. The van der Waals surface area contributed by atoms with Crippen LogP contribution in [-0.4, -0.2) is 33.8 Å². The number of ether oxygens (including phenoxy) is 1. The fourth-order valence-electron chi connectivity index (χ4n) is 3.47. The lowest BCUT2D eigenvalue weighted by Gasteiger charge is -2.27. The summed E-state index contributed by atoms with van der Waals surface area (Å²) in [5.74, 6) is -0.977. The molecule has 0 spiro atoms. The predicted molar refractivity (Wildman–Crippen MR) is 109 cm³/mol. The zero-order valence-electron chi connectivity index (χ0n) is 15.6. The molecular formula is C22H18N2O4S. The highest BCUT2D eigenvalue weighted by Crippen LogP contribution is 2.43. The van der Waals surface area contributed by atoms with Crippen LogP contribution in [0.2, 0.25) is 0 Å². The smallest absolute Gasteiger partial charge is 0.290 e. The molecule has 7 heteroatoms. The van der Waals surface area contributed by atoms with Gasteiger partial charge >= 0.3 is 0 Å². The van der Waals surface area contributed by atoms with Crippen LogP contribution in [0.5, 0.6) is 5.75 Å². The molecule has 0 radical (unpaired) electrons. The Morgan fingerprint density at radius 3 is 2.66 bits per heavy atom. The van der Waals surface area contributed by atoms with Crippen molar-refractivity contribution in [2.45, 2.75) is 12.6 Å². The van der Waals surface area contributed by atoms with E-state index in [0.717, 1.165) is 0 Å². The fourth-order valence-corrected chi connectivity index (χ4v) is 4.15. The van der Waals surface area contributed by atoms with Gasteiger partial charge in [0.15, 0.2) is 5.76 Å². The number of hydrogen-bond acceptors (Lipinski definition) is 6. The first kappa shape index (κ1) is 18.9. The fraction of sp³-hybridized carbons (Fsp3) is 0.136. The van der Waals surface area contributed by atoms with Gasteiger partial charge in [-0.2, -0.15) is 0 Å². The molecule has 1 amide bonds. The van der Waals surface area contributed by atoms with Gasteiger partial charge in [-0.3, -0.25) is 14.6 Å². The number of nitrogens with zero attached hydrogens (tertiary/aromatic N) is 2. The first-order valence-corrected chi connectivity index (χ1v) is 9.85. The molecule has 6 nitrogen and oxygen atoms in total. The summed E-state index contributed by atoms with van der Waals surface area (Å²) in [5, 5.41) is 12.5. The van der Waals surface area contributed by atoms with Crippen molar-refractivity contribution in [1.82, 2.24) is 9.88 Å². The van der Waals surface area contributed by atoms with Gasteiger partial charge in [0.1, 0.15) is 5.75 Å². The van der Waals surface area contributed by atoms with Crippen molar-refractivity contribution >= 4 is 23.0 Å². The molecular weight excluding hydrogens is 388 g/mol. The van der Waals surface area contributed by atoms with Gasteiger partial charge in [-0.15, -0.1) is 11.3 Å².